The average Bonchev–Trinajstić information content (AvgIpc) is 2.29. The zero-order valence-electron chi connectivity index (χ0n) is 9.03. The van der Waals surface area contributed by atoms with E-state index in [9.17, 15) is 4.79 Å². The molecule has 0 fully saturated rings. The number of benzene rings is 1. The number of thiocarbonyl (C=S) groups is 1. The van der Waals surface area contributed by atoms with Crippen molar-refractivity contribution in [2.45, 2.75) is 6.42 Å². The lowest BCUT2D eigenvalue weighted by Gasteiger charge is -2.06. The van der Waals surface area contributed by atoms with E-state index in [0.717, 1.165) is 11.3 Å². The topological polar surface area (TPSA) is 64.3 Å². The van der Waals surface area contributed by atoms with Crippen LogP contribution in [0.5, 0.6) is 0 Å². The molecule has 1 aromatic rings. The van der Waals surface area contributed by atoms with E-state index in [1.807, 2.05) is 24.3 Å². The number of nitrogens with two attached hydrogens (primary N) is 1. The molecule has 0 bridgehead atoms. The summed E-state index contributed by atoms with van der Waals surface area (Å²) in [6, 6.07) is 7.41. The van der Waals surface area contributed by atoms with Crippen molar-refractivity contribution in [3.05, 3.63) is 29.8 Å². The molecule has 0 amide bonds. The van der Waals surface area contributed by atoms with Crippen molar-refractivity contribution >= 4 is 28.9 Å². The fraction of sp³-hybridized carbons (Fsp3) is 0.273. The SMILES string of the molecule is COC(=O)CCNc1ccc(C(N)=S)cc1. The van der Waals surface area contributed by atoms with E-state index < -0.39 is 0 Å². The van der Waals surface area contributed by atoms with Crippen molar-refractivity contribution in [2.24, 2.45) is 5.73 Å². The first-order valence-electron chi connectivity index (χ1n) is 4.84. The molecule has 0 spiro atoms. The molecule has 1 aromatic carbocycles. The fourth-order valence-electron chi connectivity index (χ4n) is 1.16. The first kappa shape index (κ1) is 12.4. The van der Waals surface area contributed by atoms with Crippen LogP contribution in [0.1, 0.15) is 12.0 Å². The largest absolute Gasteiger partial charge is 0.469 e. The molecule has 0 aliphatic carbocycles. The van der Waals surface area contributed by atoms with Crippen molar-refractivity contribution in [3.63, 3.8) is 0 Å². The Hall–Kier alpha value is -1.62. The molecule has 16 heavy (non-hydrogen) atoms. The Morgan fingerprint density at radius 3 is 2.56 bits per heavy atom. The third-order valence-corrected chi connectivity index (χ3v) is 2.29. The number of anilines is 1. The van der Waals surface area contributed by atoms with Gasteiger partial charge in [-0.1, -0.05) is 12.2 Å². The van der Waals surface area contributed by atoms with E-state index in [1.54, 1.807) is 0 Å². The van der Waals surface area contributed by atoms with Gasteiger partial charge < -0.3 is 15.8 Å². The number of carbonyl (C=O) groups excluding carboxylic acids is 1. The number of ether oxygens (including phenoxy) is 1. The van der Waals surface area contributed by atoms with Gasteiger partial charge in [0.05, 0.1) is 13.5 Å². The second kappa shape index (κ2) is 6.07. The number of carbonyl (C=O) groups is 1. The predicted octanol–water partition coefficient (Wildman–Crippen LogP) is 1.30. The summed E-state index contributed by atoms with van der Waals surface area (Å²) < 4.78 is 4.53. The monoisotopic (exact) mass is 238 g/mol. The second-order valence-corrected chi connectivity index (χ2v) is 3.63. The smallest absolute Gasteiger partial charge is 0.307 e. The molecule has 4 nitrogen and oxygen atoms in total. The summed E-state index contributed by atoms with van der Waals surface area (Å²) in [4.78, 5) is 11.2. The van der Waals surface area contributed by atoms with Gasteiger partial charge >= 0.3 is 5.97 Å². The number of hydrogen-bond acceptors (Lipinski definition) is 4. The zero-order chi connectivity index (χ0) is 12.0. The van der Waals surface area contributed by atoms with Crippen LogP contribution in [-0.4, -0.2) is 24.6 Å². The highest BCUT2D eigenvalue weighted by molar-refractivity contribution is 7.80. The molecule has 0 radical (unpaired) electrons. The Balaban J connectivity index is 2.43. The lowest BCUT2D eigenvalue weighted by Crippen LogP contribution is -2.11. The molecule has 0 atom stereocenters. The van der Waals surface area contributed by atoms with Crippen LogP contribution in [0.15, 0.2) is 24.3 Å². The van der Waals surface area contributed by atoms with Gasteiger partial charge in [-0.3, -0.25) is 4.79 Å². The van der Waals surface area contributed by atoms with E-state index in [1.165, 1.54) is 7.11 Å². The van der Waals surface area contributed by atoms with Crippen molar-refractivity contribution in [1.29, 1.82) is 0 Å². The normalized spacial score (nSPS) is 9.56. The highest BCUT2D eigenvalue weighted by Crippen LogP contribution is 2.09. The Bertz CT molecular complexity index is 376. The fourth-order valence-corrected chi connectivity index (χ4v) is 1.30. The van der Waals surface area contributed by atoms with Crippen molar-refractivity contribution in [1.82, 2.24) is 0 Å². The van der Waals surface area contributed by atoms with Gasteiger partial charge in [-0.05, 0) is 24.3 Å². The number of methoxy groups -OCH3 is 1. The lowest BCUT2D eigenvalue weighted by atomic mass is 10.2. The number of rotatable bonds is 5. The molecule has 1 rings (SSSR count). The molecule has 5 heteroatoms. The maximum absolute atomic E-state index is 10.8. The van der Waals surface area contributed by atoms with Gasteiger partial charge in [0.15, 0.2) is 0 Å². The van der Waals surface area contributed by atoms with Crippen molar-refractivity contribution < 1.29 is 9.53 Å². The number of nitrogens with one attached hydrogen (secondary N) is 1. The standard InChI is InChI=1S/C11H14N2O2S/c1-15-10(14)6-7-13-9-4-2-8(3-5-9)11(12)16/h2-5,13H,6-7H2,1H3,(H2,12,16). The second-order valence-electron chi connectivity index (χ2n) is 3.19. The van der Waals surface area contributed by atoms with Gasteiger partial charge in [-0.2, -0.15) is 0 Å². The van der Waals surface area contributed by atoms with E-state index in [4.69, 9.17) is 18.0 Å². The molecule has 0 heterocycles. The maximum atomic E-state index is 10.8. The highest BCUT2D eigenvalue weighted by atomic mass is 32.1. The summed E-state index contributed by atoms with van der Waals surface area (Å²) in [7, 11) is 1.37. The predicted molar refractivity (Wildman–Crippen MR) is 67.5 cm³/mol. The van der Waals surface area contributed by atoms with Crippen LogP contribution in [0.4, 0.5) is 5.69 Å². The summed E-state index contributed by atoms with van der Waals surface area (Å²) in [6.45, 7) is 0.541. The van der Waals surface area contributed by atoms with E-state index >= 15 is 0 Å². The van der Waals surface area contributed by atoms with E-state index in [-0.39, 0.29) is 5.97 Å². The molecular weight excluding hydrogens is 224 g/mol. The minimum atomic E-state index is -0.229. The Kier molecular flexibility index (Phi) is 4.72. The van der Waals surface area contributed by atoms with Gasteiger partial charge in [0.1, 0.15) is 4.99 Å². The molecule has 0 aliphatic rings. The van der Waals surface area contributed by atoms with Gasteiger partial charge in [0.2, 0.25) is 0 Å². The summed E-state index contributed by atoms with van der Waals surface area (Å²) in [5.74, 6) is -0.229. The summed E-state index contributed by atoms with van der Waals surface area (Å²) >= 11 is 4.84. The lowest BCUT2D eigenvalue weighted by molar-refractivity contribution is -0.140. The number of hydrogen-bond donors (Lipinski definition) is 2. The molecule has 0 saturated heterocycles. The third kappa shape index (κ3) is 3.86. The quantitative estimate of drug-likeness (QED) is 0.598. The summed E-state index contributed by atoms with van der Waals surface area (Å²) in [6.07, 6.45) is 0.341. The number of esters is 1. The van der Waals surface area contributed by atoms with Crippen molar-refractivity contribution in [3.8, 4) is 0 Å². The van der Waals surface area contributed by atoms with Crippen LogP contribution in [0.3, 0.4) is 0 Å². The van der Waals surface area contributed by atoms with Crippen LogP contribution >= 0.6 is 12.2 Å². The van der Waals surface area contributed by atoms with Crippen LogP contribution in [-0.2, 0) is 9.53 Å². The third-order valence-electron chi connectivity index (χ3n) is 2.06. The molecule has 86 valence electrons. The zero-order valence-corrected chi connectivity index (χ0v) is 9.84. The highest BCUT2D eigenvalue weighted by Gasteiger charge is 2.00. The summed E-state index contributed by atoms with van der Waals surface area (Å²) in [5, 5.41) is 3.09. The van der Waals surface area contributed by atoms with Crippen LogP contribution in [0.25, 0.3) is 0 Å². The van der Waals surface area contributed by atoms with Gasteiger partial charge in [-0.25, -0.2) is 0 Å². The molecule has 0 aliphatic heterocycles. The maximum Gasteiger partial charge on any atom is 0.307 e. The Morgan fingerprint density at radius 2 is 2.06 bits per heavy atom. The van der Waals surface area contributed by atoms with Crippen LogP contribution in [0.2, 0.25) is 0 Å². The molecule has 0 unspecified atom stereocenters. The molecule has 0 aromatic heterocycles. The molecular formula is C11H14N2O2S. The van der Waals surface area contributed by atoms with Crippen LogP contribution in [0, 0.1) is 0 Å². The molecule has 3 N–H and O–H groups in total. The first-order valence-corrected chi connectivity index (χ1v) is 5.25. The van der Waals surface area contributed by atoms with Gasteiger partial charge in [-0.15, -0.1) is 0 Å². The van der Waals surface area contributed by atoms with Crippen LogP contribution < -0.4 is 11.1 Å². The Morgan fingerprint density at radius 1 is 1.44 bits per heavy atom. The average molecular weight is 238 g/mol. The van der Waals surface area contributed by atoms with Gasteiger partial charge in [0, 0.05) is 17.8 Å². The van der Waals surface area contributed by atoms with E-state index in [0.29, 0.717) is 18.0 Å². The summed E-state index contributed by atoms with van der Waals surface area (Å²) in [5.41, 5.74) is 7.22. The van der Waals surface area contributed by atoms with Gasteiger partial charge in [0.25, 0.3) is 0 Å². The Labute approximate surface area is 99.8 Å². The minimum Gasteiger partial charge on any atom is -0.469 e. The minimum absolute atomic E-state index is 0.229. The van der Waals surface area contributed by atoms with Crippen molar-refractivity contribution in [2.75, 3.05) is 19.0 Å². The molecule has 0 saturated carbocycles. The van der Waals surface area contributed by atoms with E-state index in [2.05, 4.69) is 10.1 Å². The first-order chi connectivity index (χ1) is 7.63.